The number of hydrogen-bond donors (Lipinski definition) is 1. The first-order valence-corrected chi connectivity index (χ1v) is 8.04. The summed E-state index contributed by atoms with van der Waals surface area (Å²) >= 11 is 0. The lowest BCUT2D eigenvalue weighted by atomic mass is 10.2. The second-order valence-corrected chi connectivity index (χ2v) is 5.12. The third-order valence-corrected chi connectivity index (χ3v) is 3.20. The summed E-state index contributed by atoms with van der Waals surface area (Å²) in [7, 11) is 1.55. The first-order valence-electron chi connectivity index (χ1n) is 8.04. The van der Waals surface area contributed by atoms with Crippen LogP contribution in [-0.2, 0) is 4.79 Å². The van der Waals surface area contributed by atoms with Crippen molar-refractivity contribution in [2.24, 2.45) is 5.10 Å². The highest BCUT2D eigenvalue weighted by Gasteiger charge is 2.06. The third kappa shape index (κ3) is 5.84. The molecule has 1 amide bonds. The zero-order valence-corrected chi connectivity index (χ0v) is 14.4. The van der Waals surface area contributed by atoms with Gasteiger partial charge in [-0.05, 0) is 30.7 Å². The predicted molar refractivity (Wildman–Crippen MR) is 96.5 cm³/mol. The van der Waals surface area contributed by atoms with Crippen LogP contribution in [0.4, 0.5) is 0 Å². The van der Waals surface area contributed by atoms with Gasteiger partial charge in [0.05, 0.1) is 19.9 Å². The molecule has 0 unspecified atom stereocenters. The van der Waals surface area contributed by atoms with Gasteiger partial charge in [0.1, 0.15) is 5.75 Å². The number of amides is 1. The summed E-state index contributed by atoms with van der Waals surface area (Å²) in [5.74, 6) is 1.44. The fraction of sp³-hybridized carbons (Fsp3) is 0.263. The van der Waals surface area contributed by atoms with Crippen molar-refractivity contribution in [3.63, 3.8) is 0 Å². The largest absolute Gasteiger partial charge is 0.493 e. The van der Waals surface area contributed by atoms with E-state index in [0.29, 0.717) is 18.1 Å². The molecule has 0 aromatic heterocycles. The smallest absolute Gasteiger partial charge is 0.277 e. The predicted octanol–water partition coefficient (Wildman–Crippen LogP) is 3.01. The third-order valence-electron chi connectivity index (χ3n) is 3.20. The number of nitrogens with one attached hydrogen (secondary N) is 1. The number of hydrogen-bond acceptors (Lipinski definition) is 5. The normalized spacial score (nSPS) is 10.5. The molecule has 25 heavy (non-hydrogen) atoms. The second-order valence-electron chi connectivity index (χ2n) is 5.12. The molecule has 0 heterocycles. The summed E-state index contributed by atoms with van der Waals surface area (Å²) in [6.07, 6.45) is 2.47. The van der Waals surface area contributed by atoms with Crippen molar-refractivity contribution >= 4 is 12.1 Å². The molecule has 0 atom stereocenters. The number of carbonyl (C=O) groups is 1. The highest BCUT2D eigenvalue weighted by molar-refractivity contribution is 5.85. The molecule has 0 saturated carbocycles. The highest BCUT2D eigenvalue weighted by atomic mass is 16.5. The Morgan fingerprint density at radius 3 is 2.44 bits per heavy atom. The fourth-order valence-electron chi connectivity index (χ4n) is 2.02. The molecule has 0 aliphatic rings. The van der Waals surface area contributed by atoms with E-state index in [4.69, 9.17) is 14.2 Å². The highest BCUT2D eigenvalue weighted by Crippen LogP contribution is 2.25. The zero-order chi connectivity index (χ0) is 17.9. The van der Waals surface area contributed by atoms with E-state index in [2.05, 4.69) is 10.5 Å². The van der Waals surface area contributed by atoms with Crippen LogP contribution in [0.3, 0.4) is 0 Å². The van der Waals surface area contributed by atoms with Crippen LogP contribution in [0.5, 0.6) is 17.2 Å². The fourth-order valence-corrected chi connectivity index (χ4v) is 2.02. The summed E-state index contributed by atoms with van der Waals surface area (Å²) in [4.78, 5) is 11.8. The lowest BCUT2D eigenvalue weighted by Gasteiger charge is -2.09. The number of carbonyl (C=O) groups excluding carboxylic acids is 1. The Hall–Kier alpha value is -3.02. The van der Waals surface area contributed by atoms with Crippen molar-refractivity contribution in [3.05, 3.63) is 54.1 Å². The van der Waals surface area contributed by atoms with Crippen LogP contribution >= 0.6 is 0 Å². The molecule has 0 aliphatic heterocycles. The van der Waals surface area contributed by atoms with Crippen molar-refractivity contribution in [1.29, 1.82) is 0 Å². The Kier molecular flexibility index (Phi) is 7.31. The van der Waals surface area contributed by atoms with Gasteiger partial charge >= 0.3 is 0 Å². The van der Waals surface area contributed by atoms with Gasteiger partial charge in [-0.3, -0.25) is 4.79 Å². The first kappa shape index (κ1) is 18.3. The monoisotopic (exact) mass is 342 g/mol. The SMILES string of the molecule is CCCOc1ccccc1C=NNC(=O)COc1ccccc1OC. The molecule has 2 rings (SSSR count). The van der Waals surface area contributed by atoms with E-state index in [1.165, 1.54) is 0 Å². The van der Waals surface area contributed by atoms with Gasteiger partial charge in [-0.25, -0.2) is 5.43 Å². The molecular formula is C19H22N2O4. The second kappa shape index (κ2) is 9.97. The van der Waals surface area contributed by atoms with E-state index in [1.54, 1.807) is 31.5 Å². The molecule has 0 radical (unpaired) electrons. The van der Waals surface area contributed by atoms with Crippen LogP contribution < -0.4 is 19.6 Å². The van der Waals surface area contributed by atoms with E-state index in [0.717, 1.165) is 17.7 Å². The van der Waals surface area contributed by atoms with Gasteiger partial charge in [0.15, 0.2) is 18.1 Å². The lowest BCUT2D eigenvalue weighted by molar-refractivity contribution is -0.123. The maximum atomic E-state index is 11.8. The Morgan fingerprint density at radius 2 is 1.72 bits per heavy atom. The van der Waals surface area contributed by atoms with Crippen LogP contribution in [0.1, 0.15) is 18.9 Å². The molecule has 0 spiro atoms. The Labute approximate surface area is 147 Å². The van der Waals surface area contributed by atoms with E-state index < -0.39 is 0 Å². The van der Waals surface area contributed by atoms with E-state index >= 15 is 0 Å². The minimum Gasteiger partial charge on any atom is -0.493 e. The van der Waals surface area contributed by atoms with Gasteiger partial charge in [0.25, 0.3) is 5.91 Å². The standard InChI is InChI=1S/C19H22N2O4/c1-3-12-24-16-9-5-4-8-15(16)13-20-21-19(22)14-25-18-11-7-6-10-17(18)23-2/h4-11,13H,3,12,14H2,1-2H3,(H,21,22). The summed E-state index contributed by atoms with van der Waals surface area (Å²) in [5.41, 5.74) is 3.22. The van der Waals surface area contributed by atoms with Gasteiger partial charge in [-0.1, -0.05) is 31.2 Å². The number of benzene rings is 2. The number of hydrazone groups is 1. The lowest BCUT2D eigenvalue weighted by Crippen LogP contribution is -2.24. The van der Waals surface area contributed by atoms with Gasteiger partial charge < -0.3 is 14.2 Å². The van der Waals surface area contributed by atoms with Crippen molar-refractivity contribution < 1.29 is 19.0 Å². The van der Waals surface area contributed by atoms with E-state index in [-0.39, 0.29) is 12.5 Å². The Balaban J connectivity index is 1.86. The average molecular weight is 342 g/mol. The van der Waals surface area contributed by atoms with E-state index in [1.807, 2.05) is 37.3 Å². The van der Waals surface area contributed by atoms with Gasteiger partial charge in [0.2, 0.25) is 0 Å². The molecule has 2 aromatic rings. The van der Waals surface area contributed by atoms with Gasteiger partial charge in [-0.15, -0.1) is 0 Å². The maximum absolute atomic E-state index is 11.8. The number of nitrogens with zero attached hydrogens (tertiary/aromatic N) is 1. The minimum atomic E-state index is -0.367. The molecule has 6 nitrogen and oxygen atoms in total. The summed E-state index contributed by atoms with van der Waals surface area (Å²) in [6, 6.07) is 14.6. The molecule has 132 valence electrons. The van der Waals surface area contributed by atoms with Crippen LogP contribution in [0.15, 0.2) is 53.6 Å². The van der Waals surface area contributed by atoms with Crippen LogP contribution in [0.25, 0.3) is 0 Å². The van der Waals surface area contributed by atoms with Crippen molar-refractivity contribution in [2.75, 3.05) is 20.3 Å². The molecule has 0 fully saturated rings. The van der Waals surface area contributed by atoms with Crippen LogP contribution in [0.2, 0.25) is 0 Å². The molecule has 2 aromatic carbocycles. The first-order chi connectivity index (χ1) is 12.2. The quantitative estimate of drug-likeness (QED) is 0.562. The number of methoxy groups -OCH3 is 1. The Morgan fingerprint density at radius 1 is 1.04 bits per heavy atom. The minimum absolute atomic E-state index is 0.161. The Bertz CT molecular complexity index is 716. The number of rotatable bonds is 9. The molecule has 1 N–H and O–H groups in total. The summed E-state index contributed by atoms with van der Waals surface area (Å²) < 4.78 is 16.2. The molecular weight excluding hydrogens is 320 g/mol. The number of para-hydroxylation sites is 3. The van der Waals surface area contributed by atoms with Gasteiger partial charge in [-0.2, -0.15) is 5.10 Å². The van der Waals surface area contributed by atoms with Crippen molar-refractivity contribution in [3.8, 4) is 17.2 Å². The van der Waals surface area contributed by atoms with Crippen LogP contribution in [0, 0.1) is 0 Å². The topological polar surface area (TPSA) is 69.2 Å². The average Bonchev–Trinajstić information content (AvgIpc) is 2.65. The van der Waals surface area contributed by atoms with Crippen molar-refractivity contribution in [1.82, 2.24) is 5.43 Å². The summed E-state index contributed by atoms with van der Waals surface area (Å²) in [6.45, 7) is 2.51. The molecule has 0 bridgehead atoms. The van der Waals surface area contributed by atoms with Crippen molar-refractivity contribution in [2.45, 2.75) is 13.3 Å². The van der Waals surface area contributed by atoms with E-state index in [9.17, 15) is 4.79 Å². The zero-order valence-electron chi connectivity index (χ0n) is 14.4. The van der Waals surface area contributed by atoms with Crippen LogP contribution in [-0.4, -0.2) is 32.4 Å². The molecule has 0 saturated heterocycles. The molecule has 6 heteroatoms. The summed E-state index contributed by atoms with van der Waals surface area (Å²) in [5, 5.41) is 3.95. The molecule has 0 aliphatic carbocycles. The maximum Gasteiger partial charge on any atom is 0.277 e. The van der Waals surface area contributed by atoms with Gasteiger partial charge in [0, 0.05) is 5.56 Å². The number of ether oxygens (including phenoxy) is 3.